The third-order valence-electron chi connectivity index (χ3n) is 2.55. The third-order valence-corrected chi connectivity index (χ3v) is 2.97. The maximum atomic E-state index is 13.2. The normalized spacial score (nSPS) is 14.8. The number of hydrogen-bond donors (Lipinski definition) is 1. The van der Waals surface area contributed by atoms with Gasteiger partial charge in [0.15, 0.2) is 0 Å². The molecule has 0 aliphatic carbocycles. The maximum Gasteiger partial charge on any atom is 0.142 e. The molecule has 1 aromatic rings. The summed E-state index contributed by atoms with van der Waals surface area (Å²) in [6, 6.07) is 4.70. The van der Waals surface area contributed by atoms with Crippen molar-refractivity contribution >= 4 is 11.6 Å². The molecule has 1 aromatic carbocycles. The van der Waals surface area contributed by atoms with Gasteiger partial charge in [0.05, 0.1) is 11.1 Å². The van der Waals surface area contributed by atoms with E-state index in [2.05, 4.69) is 0 Å². The summed E-state index contributed by atoms with van der Waals surface area (Å²) in [6.07, 6.45) is 1.38. The fraction of sp³-hybridized carbons (Fsp3) is 0.500. The van der Waals surface area contributed by atoms with Crippen molar-refractivity contribution in [3.8, 4) is 0 Å². The number of benzene rings is 1. The first-order chi connectivity index (χ1) is 7.54. The molecule has 2 atom stereocenters. The van der Waals surface area contributed by atoms with Crippen LogP contribution in [0.1, 0.15) is 18.9 Å². The van der Waals surface area contributed by atoms with E-state index in [4.69, 9.17) is 22.1 Å². The second kappa shape index (κ2) is 6.18. The summed E-state index contributed by atoms with van der Waals surface area (Å²) in [7, 11) is 1.65. The largest absolute Gasteiger partial charge is 0.382 e. The third kappa shape index (κ3) is 3.74. The van der Waals surface area contributed by atoms with Gasteiger partial charge in [-0.25, -0.2) is 4.39 Å². The molecule has 90 valence electrons. The summed E-state index contributed by atoms with van der Waals surface area (Å²) < 4.78 is 18.3. The summed E-state index contributed by atoms with van der Waals surface area (Å²) in [5, 5.41) is 0.169. The maximum absolute atomic E-state index is 13.2. The highest BCUT2D eigenvalue weighted by Crippen LogP contribution is 2.21. The van der Waals surface area contributed by atoms with Gasteiger partial charge in [-0.1, -0.05) is 23.7 Å². The zero-order chi connectivity index (χ0) is 12.1. The molecule has 16 heavy (non-hydrogen) atoms. The van der Waals surface area contributed by atoms with Crippen LogP contribution in [0.4, 0.5) is 4.39 Å². The van der Waals surface area contributed by atoms with Gasteiger partial charge in [-0.05, 0) is 31.4 Å². The van der Waals surface area contributed by atoms with Gasteiger partial charge in [-0.2, -0.15) is 0 Å². The van der Waals surface area contributed by atoms with Crippen LogP contribution in [0.5, 0.6) is 0 Å². The first kappa shape index (κ1) is 13.4. The van der Waals surface area contributed by atoms with Gasteiger partial charge < -0.3 is 10.5 Å². The van der Waals surface area contributed by atoms with Gasteiger partial charge in [0.1, 0.15) is 5.82 Å². The van der Waals surface area contributed by atoms with E-state index in [1.807, 2.05) is 6.92 Å². The smallest absolute Gasteiger partial charge is 0.142 e. The van der Waals surface area contributed by atoms with Gasteiger partial charge in [0.2, 0.25) is 0 Å². The Labute approximate surface area is 101 Å². The lowest BCUT2D eigenvalue weighted by atomic mass is 10.0. The highest BCUT2D eigenvalue weighted by atomic mass is 35.5. The minimum Gasteiger partial charge on any atom is -0.382 e. The number of ether oxygens (including phenoxy) is 1. The Morgan fingerprint density at radius 1 is 1.50 bits per heavy atom. The Balaban J connectivity index is 2.62. The number of nitrogens with two attached hydrogens (primary N) is 1. The molecule has 2 nitrogen and oxygen atoms in total. The average Bonchev–Trinajstić information content (AvgIpc) is 2.24. The molecule has 0 fully saturated rings. The highest BCUT2D eigenvalue weighted by Gasteiger charge is 2.12. The Bertz CT molecular complexity index is 346. The molecule has 1 rings (SSSR count). The predicted octanol–water partition coefficient (Wildman–Crippen LogP) is 2.77. The molecule has 0 aliphatic rings. The van der Waals surface area contributed by atoms with E-state index in [9.17, 15) is 4.39 Å². The summed E-state index contributed by atoms with van der Waals surface area (Å²) in [6.45, 7) is 1.95. The van der Waals surface area contributed by atoms with Crippen molar-refractivity contribution in [1.82, 2.24) is 0 Å². The van der Waals surface area contributed by atoms with Crippen LogP contribution in [0.25, 0.3) is 0 Å². The van der Waals surface area contributed by atoms with Crippen LogP contribution in [-0.4, -0.2) is 19.3 Å². The lowest BCUT2D eigenvalue weighted by Gasteiger charge is -2.16. The summed E-state index contributed by atoms with van der Waals surface area (Å²) in [5.74, 6) is -0.397. The topological polar surface area (TPSA) is 35.2 Å². The summed E-state index contributed by atoms with van der Waals surface area (Å²) in [5.41, 5.74) is 6.69. The molecule has 0 bridgehead atoms. The Morgan fingerprint density at radius 2 is 2.19 bits per heavy atom. The number of rotatable bonds is 5. The van der Waals surface area contributed by atoms with Crippen LogP contribution in [0.15, 0.2) is 18.2 Å². The molecule has 0 heterocycles. The van der Waals surface area contributed by atoms with E-state index in [1.165, 1.54) is 6.07 Å². The number of halogens is 2. The van der Waals surface area contributed by atoms with Crippen LogP contribution < -0.4 is 5.73 Å². The molecule has 2 N–H and O–H groups in total. The van der Waals surface area contributed by atoms with Gasteiger partial charge in [-0.15, -0.1) is 0 Å². The average molecular weight is 246 g/mol. The first-order valence-corrected chi connectivity index (χ1v) is 5.63. The minimum absolute atomic E-state index is 0.0748. The second-order valence-corrected chi connectivity index (χ2v) is 4.34. The number of methoxy groups -OCH3 is 1. The highest BCUT2D eigenvalue weighted by molar-refractivity contribution is 6.31. The molecule has 0 spiro atoms. The SMILES string of the molecule is COC(C)CC(N)Cc1cccc(F)c1Cl. The van der Waals surface area contributed by atoms with Gasteiger partial charge in [0.25, 0.3) is 0 Å². The van der Waals surface area contributed by atoms with Crippen LogP contribution in [0, 0.1) is 5.82 Å². The first-order valence-electron chi connectivity index (χ1n) is 5.25. The molecular formula is C12H17ClFNO. The zero-order valence-corrected chi connectivity index (χ0v) is 10.3. The molecule has 0 saturated heterocycles. The van der Waals surface area contributed by atoms with Gasteiger partial charge in [0, 0.05) is 13.2 Å². The van der Waals surface area contributed by atoms with Crippen LogP contribution in [0.3, 0.4) is 0 Å². The Kier molecular flexibility index (Phi) is 5.19. The summed E-state index contributed by atoms with van der Waals surface area (Å²) >= 11 is 5.85. The lowest BCUT2D eigenvalue weighted by molar-refractivity contribution is 0.104. The Hall–Kier alpha value is -0.640. The quantitative estimate of drug-likeness (QED) is 0.866. The minimum atomic E-state index is -0.397. The Morgan fingerprint density at radius 3 is 2.81 bits per heavy atom. The molecule has 0 saturated carbocycles. The monoisotopic (exact) mass is 245 g/mol. The van der Waals surface area contributed by atoms with Crippen molar-refractivity contribution in [1.29, 1.82) is 0 Å². The van der Waals surface area contributed by atoms with E-state index >= 15 is 0 Å². The van der Waals surface area contributed by atoms with E-state index in [1.54, 1.807) is 19.2 Å². The van der Waals surface area contributed by atoms with Crippen LogP contribution in [0.2, 0.25) is 5.02 Å². The van der Waals surface area contributed by atoms with E-state index in [0.717, 1.165) is 12.0 Å². The van der Waals surface area contributed by atoms with Gasteiger partial charge >= 0.3 is 0 Å². The molecule has 0 amide bonds. The van der Waals surface area contributed by atoms with Crippen LogP contribution >= 0.6 is 11.6 Å². The van der Waals surface area contributed by atoms with E-state index in [0.29, 0.717) is 6.42 Å². The zero-order valence-electron chi connectivity index (χ0n) is 9.54. The van der Waals surface area contributed by atoms with Crippen molar-refractivity contribution in [3.05, 3.63) is 34.6 Å². The van der Waals surface area contributed by atoms with Crippen molar-refractivity contribution in [2.24, 2.45) is 5.73 Å². The van der Waals surface area contributed by atoms with Crippen molar-refractivity contribution in [2.45, 2.75) is 31.9 Å². The summed E-state index contributed by atoms with van der Waals surface area (Å²) in [4.78, 5) is 0. The molecule has 0 aromatic heterocycles. The van der Waals surface area contributed by atoms with Crippen molar-refractivity contribution in [2.75, 3.05) is 7.11 Å². The molecular weight excluding hydrogens is 229 g/mol. The lowest BCUT2D eigenvalue weighted by Crippen LogP contribution is -2.28. The number of hydrogen-bond acceptors (Lipinski definition) is 2. The molecule has 2 unspecified atom stereocenters. The van der Waals surface area contributed by atoms with Gasteiger partial charge in [-0.3, -0.25) is 0 Å². The fourth-order valence-corrected chi connectivity index (χ4v) is 1.80. The van der Waals surface area contributed by atoms with Crippen molar-refractivity contribution < 1.29 is 9.13 Å². The molecule has 0 radical (unpaired) electrons. The van der Waals surface area contributed by atoms with Crippen molar-refractivity contribution in [3.63, 3.8) is 0 Å². The molecule has 4 heteroatoms. The van der Waals surface area contributed by atoms with E-state index < -0.39 is 5.82 Å². The van der Waals surface area contributed by atoms with E-state index in [-0.39, 0.29) is 17.2 Å². The standard InChI is InChI=1S/C12H17ClFNO/c1-8(16-2)6-10(15)7-9-4-3-5-11(14)12(9)13/h3-5,8,10H,6-7,15H2,1-2H3. The molecule has 0 aliphatic heterocycles. The van der Waals surface area contributed by atoms with Crippen LogP contribution in [-0.2, 0) is 11.2 Å². The predicted molar refractivity (Wildman–Crippen MR) is 64.2 cm³/mol. The second-order valence-electron chi connectivity index (χ2n) is 3.96. The fourth-order valence-electron chi connectivity index (χ4n) is 1.59.